The first-order chi connectivity index (χ1) is 27.6. The van der Waals surface area contributed by atoms with Gasteiger partial charge in [-0.2, -0.15) is 0 Å². The van der Waals surface area contributed by atoms with E-state index in [4.69, 9.17) is 0 Å². The molecular formula is C51H54S5. The van der Waals surface area contributed by atoms with Crippen LogP contribution in [0.5, 0.6) is 0 Å². The molecule has 0 radical (unpaired) electrons. The van der Waals surface area contributed by atoms with E-state index in [1.165, 1.54) is 151 Å². The van der Waals surface area contributed by atoms with Crippen LogP contribution in [0.1, 0.15) is 124 Å². The lowest BCUT2D eigenvalue weighted by atomic mass is 9.74. The molecule has 0 saturated carbocycles. The van der Waals surface area contributed by atoms with Crippen molar-refractivity contribution >= 4 is 56.7 Å². The number of fused-ring (bicyclic) bond motifs is 6. The lowest BCUT2D eigenvalue weighted by molar-refractivity contribution is 0.560. The van der Waals surface area contributed by atoms with E-state index in [0.29, 0.717) is 0 Å². The molecule has 0 atom stereocenters. The average molecular weight is 827 g/mol. The van der Waals surface area contributed by atoms with Gasteiger partial charge in [0.2, 0.25) is 0 Å². The van der Waals surface area contributed by atoms with Crippen molar-refractivity contribution in [1.82, 2.24) is 0 Å². The summed E-state index contributed by atoms with van der Waals surface area (Å²) in [6, 6.07) is 33.6. The largest absolute Gasteiger partial charge is 0.143 e. The minimum absolute atomic E-state index is 0.0394. The van der Waals surface area contributed by atoms with Crippen molar-refractivity contribution in [2.45, 2.75) is 122 Å². The highest BCUT2D eigenvalue weighted by molar-refractivity contribution is 7.29. The Hall–Kier alpha value is -3.06. The van der Waals surface area contributed by atoms with Crippen LogP contribution in [0.3, 0.4) is 0 Å². The number of aryl methyl sites for hydroxylation is 2. The van der Waals surface area contributed by atoms with Gasteiger partial charge in [0.1, 0.15) is 0 Å². The van der Waals surface area contributed by atoms with E-state index in [0.717, 1.165) is 12.8 Å². The zero-order valence-corrected chi connectivity index (χ0v) is 37.2. The molecule has 7 aromatic rings. The van der Waals surface area contributed by atoms with Crippen LogP contribution in [0, 0.1) is 0 Å². The first kappa shape index (κ1) is 38.5. The van der Waals surface area contributed by atoms with E-state index < -0.39 is 0 Å². The van der Waals surface area contributed by atoms with Gasteiger partial charge in [-0.15, -0.1) is 56.7 Å². The highest BCUT2D eigenvalue weighted by Crippen LogP contribution is 2.58. The first-order valence-corrected chi connectivity index (χ1v) is 25.6. The number of benzene rings is 2. The Bertz CT molecular complexity index is 2310. The summed E-state index contributed by atoms with van der Waals surface area (Å²) in [5.41, 5.74) is 12.5. The number of hydrogen-bond donors (Lipinski definition) is 0. The SMILES string of the molecule is CCCCCCCCc1ccc2c(c1)C1(Cc3csc(-c4ccc(-c5ccc(-c6ccc(-c7cccs7)s6)s5)s4)c3C1)c1cc(CCCCCCCC)ccc1-2. The highest BCUT2D eigenvalue weighted by Gasteiger charge is 2.48. The molecule has 5 aromatic heterocycles. The zero-order chi connectivity index (χ0) is 37.9. The molecule has 2 aliphatic carbocycles. The standard InChI is InChI=1S/C51H54S5/c1-3-5-7-9-11-13-16-35-19-21-38-39-22-20-36(17-14-12-10-8-6-4-2)31-42(39)51(41(38)30-35)32-37-34-53-50(40(37)33-51)49-28-27-48(56-49)47-26-25-46(55-47)45-24-23-44(54-45)43-18-15-29-52-43/h15,18-31,34H,3-14,16-17,32-33H2,1-2H3. The number of rotatable bonds is 18. The molecule has 0 saturated heterocycles. The van der Waals surface area contributed by atoms with E-state index in [2.05, 4.69) is 110 Å². The van der Waals surface area contributed by atoms with Crippen molar-refractivity contribution < 1.29 is 0 Å². The zero-order valence-electron chi connectivity index (χ0n) is 33.1. The van der Waals surface area contributed by atoms with Crippen LogP contribution in [0.25, 0.3) is 50.1 Å². The van der Waals surface area contributed by atoms with Crippen molar-refractivity contribution in [3.63, 3.8) is 0 Å². The topological polar surface area (TPSA) is 0 Å². The van der Waals surface area contributed by atoms with Gasteiger partial charge >= 0.3 is 0 Å². The molecule has 0 N–H and O–H groups in total. The van der Waals surface area contributed by atoms with Gasteiger partial charge in [0.05, 0.1) is 0 Å². The van der Waals surface area contributed by atoms with Crippen LogP contribution in [-0.2, 0) is 31.1 Å². The first-order valence-electron chi connectivity index (χ1n) is 21.3. The Labute approximate surface area is 355 Å². The van der Waals surface area contributed by atoms with Crippen molar-refractivity contribution in [3.05, 3.63) is 129 Å². The molecule has 0 amide bonds. The fraction of sp³-hybridized carbons (Fsp3) is 0.373. The van der Waals surface area contributed by atoms with Crippen molar-refractivity contribution in [2.75, 3.05) is 0 Å². The maximum atomic E-state index is 2.65. The highest BCUT2D eigenvalue weighted by atomic mass is 32.1. The lowest BCUT2D eigenvalue weighted by Gasteiger charge is -2.28. The van der Waals surface area contributed by atoms with Crippen molar-refractivity contribution in [2.24, 2.45) is 0 Å². The van der Waals surface area contributed by atoms with Gasteiger partial charge in [-0.25, -0.2) is 0 Å². The van der Waals surface area contributed by atoms with Gasteiger partial charge in [-0.1, -0.05) is 121 Å². The summed E-state index contributed by atoms with van der Waals surface area (Å²) in [6.07, 6.45) is 20.9. The van der Waals surface area contributed by atoms with Crippen LogP contribution < -0.4 is 0 Å². The molecule has 288 valence electrons. The minimum Gasteiger partial charge on any atom is -0.143 e. The third-order valence-corrected chi connectivity index (χ3v) is 18.3. The predicted molar refractivity (Wildman–Crippen MR) is 252 cm³/mol. The summed E-state index contributed by atoms with van der Waals surface area (Å²) >= 11 is 9.64. The second-order valence-corrected chi connectivity index (χ2v) is 21.3. The fourth-order valence-corrected chi connectivity index (χ4v) is 14.7. The second kappa shape index (κ2) is 17.4. The Morgan fingerprint density at radius 3 is 1.52 bits per heavy atom. The van der Waals surface area contributed by atoms with E-state index >= 15 is 0 Å². The third-order valence-electron chi connectivity index (χ3n) is 12.4. The lowest BCUT2D eigenvalue weighted by Crippen LogP contribution is -2.26. The van der Waals surface area contributed by atoms with Crippen molar-refractivity contribution in [3.8, 4) is 50.1 Å². The van der Waals surface area contributed by atoms with Gasteiger partial charge in [0, 0.05) is 44.4 Å². The third kappa shape index (κ3) is 7.76. The number of thiophene rings is 5. The molecule has 0 unspecified atom stereocenters. The molecule has 0 nitrogen and oxygen atoms in total. The normalized spacial score (nSPS) is 13.8. The summed E-state index contributed by atoms with van der Waals surface area (Å²) in [5.74, 6) is 0. The van der Waals surface area contributed by atoms with Gasteiger partial charge in [0.15, 0.2) is 0 Å². The molecule has 56 heavy (non-hydrogen) atoms. The summed E-state index contributed by atoms with van der Waals surface area (Å²) in [6.45, 7) is 4.62. The van der Waals surface area contributed by atoms with E-state index in [1.54, 1.807) is 22.3 Å². The second-order valence-electron chi connectivity index (χ2n) is 16.3. The molecule has 1 spiro atoms. The predicted octanol–water partition coefficient (Wildman–Crippen LogP) is 17.5. The molecule has 5 heteroatoms. The molecule has 0 aliphatic heterocycles. The Balaban J connectivity index is 0.980. The summed E-state index contributed by atoms with van der Waals surface area (Å²) in [5, 5.41) is 4.68. The minimum atomic E-state index is 0.0394. The quantitative estimate of drug-likeness (QED) is 0.0756. The molecule has 2 aromatic carbocycles. The Morgan fingerprint density at radius 2 is 0.982 bits per heavy atom. The maximum Gasteiger partial charge on any atom is 0.0478 e. The number of hydrogen-bond acceptors (Lipinski definition) is 5. The summed E-state index contributed by atoms with van der Waals surface area (Å²) in [7, 11) is 0. The molecule has 0 bridgehead atoms. The number of unbranched alkanes of at least 4 members (excludes halogenated alkanes) is 10. The summed E-state index contributed by atoms with van der Waals surface area (Å²) < 4.78 is 0. The molecule has 9 rings (SSSR count). The van der Waals surface area contributed by atoms with Crippen LogP contribution >= 0.6 is 56.7 Å². The smallest absolute Gasteiger partial charge is 0.0478 e. The van der Waals surface area contributed by atoms with Gasteiger partial charge in [-0.3, -0.25) is 0 Å². The van der Waals surface area contributed by atoms with Gasteiger partial charge in [-0.05, 0) is 136 Å². The molecular weight excluding hydrogens is 773 g/mol. The van der Waals surface area contributed by atoms with Crippen LogP contribution in [0.2, 0.25) is 0 Å². The van der Waals surface area contributed by atoms with Gasteiger partial charge in [0.25, 0.3) is 0 Å². The summed E-state index contributed by atoms with van der Waals surface area (Å²) in [4.78, 5) is 11.2. The van der Waals surface area contributed by atoms with Gasteiger partial charge < -0.3 is 0 Å². The molecule has 0 fully saturated rings. The van der Waals surface area contributed by atoms with Crippen LogP contribution in [0.4, 0.5) is 0 Å². The monoisotopic (exact) mass is 826 g/mol. The van der Waals surface area contributed by atoms with E-state index in [1.807, 2.05) is 56.7 Å². The van der Waals surface area contributed by atoms with E-state index in [-0.39, 0.29) is 5.41 Å². The maximum absolute atomic E-state index is 2.65. The fourth-order valence-electron chi connectivity index (χ4n) is 9.37. The van der Waals surface area contributed by atoms with Crippen LogP contribution in [0.15, 0.2) is 95.7 Å². The Kier molecular flexibility index (Phi) is 12.0. The van der Waals surface area contributed by atoms with E-state index in [9.17, 15) is 0 Å². The molecule has 2 aliphatic rings. The molecule has 5 heterocycles. The van der Waals surface area contributed by atoms with Crippen LogP contribution in [-0.4, -0.2) is 0 Å². The Morgan fingerprint density at radius 1 is 0.482 bits per heavy atom. The average Bonchev–Trinajstić information content (AvgIpc) is 4.07. The van der Waals surface area contributed by atoms with Crippen molar-refractivity contribution in [1.29, 1.82) is 0 Å².